The number of hydrogen-bond acceptors (Lipinski definition) is 2. The molecular weight excluding hydrogens is 360 g/mol. The highest BCUT2D eigenvalue weighted by molar-refractivity contribution is 6.02. The molecule has 0 atom stereocenters. The van der Waals surface area contributed by atoms with Crippen molar-refractivity contribution in [2.45, 2.75) is 65.8 Å². The van der Waals surface area contributed by atoms with E-state index in [2.05, 4.69) is 66.5 Å². The highest BCUT2D eigenvalue weighted by Crippen LogP contribution is 2.35. The Hall–Kier alpha value is -2.82. The molecule has 1 amide bonds. The maximum absolute atomic E-state index is 12.4. The zero-order valence-corrected chi connectivity index (χ0v) is 18.2. The Labute approximate surface area is 173 Å². The molecule has 29 heavy (non-hydrogen) atoms. The van der Waals surface area contributed by atoms with E-state index in [1.807, 2.05) is 13.1 Å². The van der Waals surface area contributed by atoms with E-state index in [4.69, 9.17) is 5.73 Å². The molecule has 1 aromatic carbocycles. The second-order valence-corrected chi connectivity index (χ2v) is 8.70. The van der Waals surface area contributed by atoms with E-state index in [1.165, 1.54) is 11.3 Å². The number of nitrogens with one attached hydrogen (secondary N) is 1. The molecule has 0 unspecified atom stereocenters. The first-order valence-electron chi connectivity index (χ1n) is 10.3. The molecule has 3 aromatic rings. The summed E-state index contributed by atoms with van der Waals surface area (Å²) in [6.45, 7) is 11.6. The summed E-state index contributed by atoms with van der Waals surface area (Å²) in [5.41, 5.74) is 13.1. The zero-order valence-electron chi connectivity index (χ0n) is 18.2. The van der Waals surface area contributed by atoms with Crippen molar-refractivity contribution in [1.29, 1.82) is 0 Å². The van der Waals surface area contributed by atoms with Crippen molar-refractivity contribution in [3.8, 4) is 11.1 Å². The van der Waals surface area contributed by atoms with Gasteiger partial charge in [-0.05, 0) is 29.9 Å². The van der Waals surface area contributed by atoms with Crippen LogP contribution in [0, 0.1) is 6.92 Å². The van der Waals surface area contributed by atoms with Gasteiger partial charge in [0.15, 0.2) is 0 Å². The minimum Gasteiger partial charge on any atom is -0.366 e. The number of rotatable bonds is 7. The summed E-state index contributed by atoms with van der Waals surface area (Å²) in [5, 5.41) is 0. The topological polar surface area (TPSA) is 76.7 Å². The number of benzene rings is 1. The van der Waals surface area contributed by atoms with Crippen LogP contribution in [0.5, 0.6) is 0 Å². The summed E-state index contributed by atoms with van der Waals surface area (Å²) in [6, 6.07) is 8.57. The minimum absolute atomic E-state index is 0.0865. The van der Waals surface area contributed by atoms with E-state index >= 15 is 0 Å². The first kappa shape index (κ1) is 20.9. The molecule has 5 nitrogen and oxygen atoms in total. The molecule has 0 saturated carbocycles. The van der Waals surface area contributed by atoms with Gasteiger partial charge in [-0.2, -0.15) is 0 Å². The molecule has 3 N–H and O–H groups in total. The van der Waals surface area contributed by atoms with Crippen molar-refractivity contribution in [2.24, 2.45) is 5.73 Å². The number of primary amides is 1. The Morgan fingerprint density at radius 2 is 1.86 bits per heavy atom. The fraction of sp³-hybridized carbons (Fsp3) is 0.417. The van der Waals surface area contributed by atoms with Gasteiger partial charge < -0.3 is 15.3 Å². The molecule has 0 radical (unpaired) electrons. The lowest BCUT2D eigenvalue weighted by Gasteiger charge is -2.19. The van der Waals surface area contributed by atoms with Gasteiger partial charge in [-0.3, -0.25) is 4.79 Å². The maximum atomic E-state index is 12.4. The Bertz CT molecular complexity index is 974. The van der Waals surface area contributed by atoms with E-state index in [0.29, 0.717) is 5.56 Å². The Kier molecular flexibility index (Phi) is 5.96. The summed E-state index contributed by atoms with van der Waals surface area (Å²) >= 11 is 0. The van der Waals surface area contributed by atoms with Crippen molar-refractivity contribution in [2.75, 3.05) is 0 Å². The summed E-state index contributed by atoms with van der Waals surface area (Å²) in [6.07, 6.45) is 6.26. The van der Waals surface area contributed by atoms with E-state index in [-0.39, 0.29) is 11.3 Å². The zero-order chi connectivity index (χ0) is 21.2. The Morgan fingerprint density at radius 3 is 2.38 bits per heavy atom. The smallest absolute Gasteiger partial charge is 0.251 e. The lowest BCUT2D eigenvalue weighted by molar-refractivity contribution is 0.1000. The number of imidazole rings is 1. The van der Waals surface area contributed by atoms with Gasteiger partial charge in [0, 0.05) is 41.8 Å². The number of aryl methyl sites for hydroxylation is 1. The molecule has 0 aliphatic rings. The normalized spacial score (nSPS) is 11.8. The quantitative estimate of drug-likeness (QED) is 0.607. The van der Waals surface area contributed by atoms with Crippen molar-refractivity contribution in [3.63, 3.8) is 0 Å². The van der Waals surface area contributed by atoms with Crippen LogP contribution in [0.3, 0.4) is 0 Å². The number of aromatic amines is 1. The van der Waals surface area contributed by atoms with E-state index in [9.17, 15) is 4.79 Å². The lowest BCUT2D eigenvalue weighted by Crippen LogP contribution is -2.14. The molecule has 3 rings (SSSR count). The first-order valence-corrected chi connectivity index (χ1v) is 10.3. The number of carbonyl (C=O) groups is 1. The lowest BCUT2D eigenvalue weighted by atomic mass is 9.86. The van der Waals surface area contributed by atoms with E-state index in [1.54, 1.807) is 6.33 Å². The predicted octanol–water partition coefficient (Wildman–Crippen LogP) is 4.78. The molecule has 154 valence electrons. The summed E-state index contributed by atoms with van der Waals surface area (Å²) in [5.74, 6) is -0.366. The molecule has 0 aliphatic carbocycles. The summed E-state index contributed by atoms with van der Waals surface area (Å²) in [4.78, 5) is 19.7. The fourth-order valence-electron chi connectivity index (χ4n) is 4.00. The Balaban J connectivity index is 2.11. The van der Waals surface area contributed by atoms with Gasteiger partial charge in [0.1, 0.15) is 0 Å². The third kappa shape index (κ3) is 4.29. The van der Waals surface area contributed by atoms with Crippen LogP contribution in [0.25, 0.3) is 11.1 Å². The van der Waals surface area contributed by atoms with E-state index < -0.39 is 0 Å². The van der Waals surface area contributed by atoms with Gasteiger partial charge in [0.05, 0.1) is 11.9 Å². The van der Waals surface area contributed by atoms with Crippen LogP contribution in [0.2, 0.25) is 0 Å². The molecule has 0 bridgehead atoms. The van der Waals surface area contributed by atoms with Gasteiger partial charge in [-0.25, -0.2) is 4.98 Å². The van der Waals surface area contributed by atoms with E-state index in [0.717, 1.165) is 48.3 Å². The van der Waals surface area contributed by atoms with Crippen molar-refractivity contribution >= 4 is 5.91 Å². The number of nitrogens with two attached hydrogens (primary N) is 1. The SMILES string of the molecule is CCCc1c(-c2ccc(C(C)(C)C)cc2)c(C(N)=O)c(C)n1CCc1cnc[nH]1. The average Bonchev–Trinajstić information content (AvgIpc) is 3.26. The van der Waals surface area contributed by atoms with Crippen LogP contribution in [0.4, 0.5) is 0 Å². The largest absolute Gasteiger partial charge is 0.366 e. The minimum atomic E-state index is -0.366. The number of hydrogen-bond donors (Lipinski definition) is 2. The fourth-order valence-corrected chi connectivity index (χ4v) is 4.00. The molecular formula is C24H32N4O. The number of nitrogens with zero attached hydrogens (tertiary/aromatic N) is 2. The molecule has 0 saturated heterocycles. The van der Waals surface area contributed by atoms with Crippen LogP contribution in [0.1, 0.15) is 67.1 Å². The van der Waals surface area contributed by atoms with Crippen LogP contribution in [-0.2, 0) is 24.8 Å². The molecule has 2 heterocycles. The molecule has 0 fully saturated rings. The van der Waals surface area contributed by atoms with Crippen molar-refractivity contribution < 1.29 is 4.79 Å². The number of amides is 1. The number of carbonyl (C=O) groups excluding carboxylic acids is 1. The number of H-pyrrole nitrogens is 1. The maximum Gasteiger partial charge on any atom is 0.251 e. The number of aromatic nitrogens is 3. The highest BCUT2D eigenvalue weighted by Gasteiger charge is 2.24. The van der Waals surface area contributed by atoms with Crippen molar-refractivity contribution in [3.05, 3.63) is 65.0 Å². The van der Waals surface area contributed by atoms with Gasteiger partial charge >= 0.3 is 0 Å². The predicted molar refractivity (Wildman–Crippen MR) is 118 cm³/mol. The standard InChI is InChI=1S/C24H32N4O/c1-6-7-20-22(17-8-10-18(11-9-17)24(3,4)5)21(23(25)29)16(2)28(20)13-12-19-14-26-15-27-19/h8-11,14-15H,6-7,12-13H2,1-5H3,(H2,25,29)(H,26,27). The molecule has 2 aromatic heterocycles. The van der Waals surface area contributed by atoms with Gasteiger partial charge in [-0.15, -0.1) is 0 Å². The summed E-state index contributed by atoms with van der Waals surface area (Å²) < 4.78 is 2.26. The van der Waals surface area contributed by atoms with Crippen LogP contribution in [-0.4, -0.2) is 20.4 Å². The van der Waals surface area contributed by atoms with Gasteiger partial charge in [0.25, 0.3) is 5.91 Å². The third-order valence-corrected chi connectivity index (χ3v) is 5.56. The average molecular weight is 393 g/mol. The Morgan fingerprint density at radius 1 is 1.17 bits per heavy atom. The van der Waals surface area contributed by atoms with Crippen LogP contribution < -0.4 is 5.73 Å². The molecule has 5 heteroatoms. The molecule has 0 spiro atoms. The van der Waals surface area contributed by atoms with Gasteiger partial charge in [0.2, 0.25) is 0 Å². The van der Waals surface area contributed by atoms with Crippen LogP contribution in [0.15, 0.2) is 36.8 Å². The molecule has 0 aliphatic heterocycles. The highest BCUT2D eigenvalue weighted by atomic mass is 16.1. The summed E-state index contributed by atoms with van der Waals surface area (Å²) in [7, 11) is 0. The van der Waals surface area contributed by atoms with Gasteiger partial charge in [-0.1, -0.05) is 58.4 Å². The third-order valence-electron chi connectivity index (χ3n) is 5.56. The second-order valence-electron chi connectivity index (χ2n) is 8.70. The monoisotopic (exact) mass is 392 g/mol. The second kappa shape index (κ2) is 8.27. The first-order chi connectivity index (χ1) is 13.7. The van der Waals surface area contributed by atoms with Crippen LogP contribution >= 0.6 is 0 Å². The van der Waals surface area contributed by atoms with Crippen molar-refractivity contribution in [1.82, 2.24) is 14.5 Å².